The molecule has 0 aliphatic carbocycles. The molecule has 2 saturated heterocycles. The summed E-state index contributed by atoms with van der Waals surface area (Å²) in [6, 6.07) is 11.8. The molecule has 152 valence electrons. The van der Waals surface area contributed by atoms with E-state index in [9.17, 15) is 20.0 Å². The Morgan fingerprint density at radius 2 is 1.55 bits per heavy atom. The van der Waals surface area contributed by atoms with Crippen LogP contribution in [0.5, 0.6) is 5.75 Å². The Labute approximate surface area is 169 Å². The number of anilines is 2. The highest BCUT2D eigenvalue weighted by atomic mass is 16.6. The zero-order chi connectivity index (χ0) is 20.4. The average Bonchev–Trinajstić information content (AvgIpc) is 3.28. The van der Waals surface area contributed by atoms with Gasteiger partial charge in [-0.1, -0.05) is 0 Å². The minimum Gasteiger partial charge on any atom is -0.508 e. The fourth-order valence-electron chi connectivity index (χ4n) is 4.04. The van der Waals surface area contributed by atoms with E-state index in [0.717, 1.165) is 31.6 Å². The zero-order valence-electron chi connectivity index (χ0n) is 16.2. The molecule has 0 saturated carbocycles. The molecule has 2 aromatic carbocycles. The second kappa shape index (κ2) is 7.98. The van der Waals surface area contributed by atoms with Crippen molar-refractivity contribution in [1.82, 2.24) is 4.90 Å². The van der Waals surface area contributed by atoms with Gasteiger partial charge in [-0.2, -0.15) is 0 Å². The fraction of sp³-hybridized carbons (Fsp3) is 0.381. The minimum absolute atomic E-state index is 0.000444. The minimum atomic E-state index is -0.396. The van der Waals surface area contributed by atoms with Crippen LogP contribution in [-0.4, -0.2) is 60.1 Å². The lowest BCUT2D eigenvalue weighted by Crippen LogP contribution is -2.48. The number of nitrogens with zero attached hydrogens (tertiary/aromatic N) is 4. The predicted octanol–water partition coefficient (Wildman–Crippen LogP) is 2.86. The van der Waals surface area contributed by atoms with Gasteiger partial charge in [0.15, 0.2) is 0 Å². The summed E-state index contributed by atoms with van der Waals surface area (Å²) in [5.74, 6) is 0.0490. The van der Waals surface area contributed by atoms with Gasteiger partial charge in [-0.3, -0.25) is 14.9 Å². The van der Waals surface area contributed by atoms with Crippen molar-refractivity contribution in [2.75, 3.05) is 49.1 Å². The molecule has 8 nitrogen and oxygen atoms in total. The number of carbonyl (C=O) groups is 1. The van der Waals surface area contributed by atoms with E-state index in [1.807, 2.05) is 17.0 Å². The highest BCUT2D eigenvalue weighted by molar-refractivity contribution is 5.96. The zero-order valence-corrected chi connectivity index (χ0v) is 16.2. The van der Waals surface area contributed by atoms with Crippen molar-refractivity contribution in [3.05, 3.63) is 58.1 Å². The van der Waals surface area contributed by atoms with E-state index in [1.54, 1.807) is 29.2 Å². The SMILES string of the molecule is O=C(c1ccc(N2CCCC2)c([N+](=O)[O-])c1)N1CCN(c2ccc(O)cc2)CC1. The monoisotopic (exact) mass is 396 g/mol. The van der Waals surface area contributed by atoms with Gasteiger partial charge in [-0.15, -0.1) is 0 Å². The van der Waals surface area contributed by atoms with Crippen LogP contribution in [0.15, 0.2) is 42.5 Å². The van der Waals surface area contributed by atoms with Gasteiger partial charge in [0.05, 0.1) is 4.92 Å². The van der Waals surface area contributed by atoms with Gasteiger partial charge in [0.25, 0.3) is 11.6 Å². The Morgan fingerprint density at radius 1 is 0.897 bits per heavy atom. The molecule has 0 unspecified atom stereocenters. The number of piperazine rings is 1. The average molecular weight is 396 g/mol. The third kappa shape index (κ3) is 3.96. The highest BCUT2D eigenvalue weighted by Crippen LogP contribution is 2.32. The van der Waals surface area contributed by atoms with Crippen molar-refractivity contribution in [1.29, 1.82) is 0 Å². The standard InChI is InChI=1S/C21H24N4O4/c26-18-6-4-17(5-7-18)22-11-13-24(14-12-22)21(27)16-3-8-19(20(15-16)25(28)29)23-9-1-2-10-23/h3-8,15,26H,1-2,9-14H2. The van der Waals surface area contributed by atoms with Gasteiger partial charge in [-0.05, 0) is 49.2 Å². The first-order valence-corrected chi connectivity index (χ1v) is 9.89. The van der Waals surface area contributed by atoms with Crippen LogP contribution in [0.25, 0.3) is 0 Å². The van der Waals surface area contributed by atoms with Crippen molar-refractivity contribution in [3.63, 3.8) is 0 Å². The number of phenols is 1. The third-order valence-electron chi connectivity index (χ3n) is 5.65. The highest BCUT2D eigenvalue weighted by Gasteiger charge is 2.27. The van der Waals surface area contributed by atoms with Crippen LogP contribution in [0.4, 0.5) is 17.1 Å². The molecule has 29 heavy (non-hydrogen) atoms. The number of hydrogen-bond donors (Lipinski definition) is 1. The lowest BCUT2D eigenvalue weighted by Gasteiger charge is -2.36. The van der Waals surface area contributed by atoms with Gasteiger partial charge in [-0.25, -0.2) is 0 Å². The number of rotatable bonds is 4. The molecule has 1 N–H and O–H groups in total. The van der Waals surface area contributed by atoms with Gasteiger partial charge >= 0.3 is 0 Å². The summed E-state index contributed by atoms with van der Waals surface area (Å²) >= 11 is 0. The van der Waals surface area contributed by atoms with Gasteiger partial charge in [0, 0.05) is 56.6 Å². The number of benzene rings is 2. The van der Waals surface area contributed by atoms with Crippen LogP contribution in [0.2, 0.25) is 0 Å². The Kier molecular flexibility index (Phi) is 5.24. The van der Waals surface area contributed by atoms with Crippen molar-refractivity contribution in [3.8, 4) is 5.75 Å². The van der Waals surface area contributed by atoms with Crippen LogP contribution < -0.4 is 9.80 Å². The second-order valence-electron chi connectivity index (χ2n) is 7.45. The molecule has 2 aliphatic heterocycles. The van der Waals surface area contributed by atoms with Crippen molar-refractivity contribution < 1.29 is 14.8 Å². The molecular formula is C21H24N4O4. The summed E-state index contributed by atoms with van der Waals surface area (Å²) < 4.78 is 0. The molecule has 0 atom stereocenters. The largest absolute Gasteiger partial charge is 0.508 e. The molecule has 2 heterocycles. The van der Waals surface area contributed by atoms with Crippen molar-refractivity contribution in [2.45, 2.75) is 12.8 Å². The molecule has 8 heteroatoms. The van der Waals surface area contributed by atoms with Crippen LogP contribution in [-0.2, 0) is 0 Å². The summed E-state index contributed by atoms with van der Waals surface area (Å²) in [7, 11) is 0. The maximum atomic E-state index is 12.9. The summed E-state index contributed by atoms with van der Waals surface area (Å²) in [4.78, 5) is 30.0. The van der Waals surface area contributed by atoms with Crippen LogP contribution in [0.1, 0.15) is 23.2 Å². The summed E-state index contributed by atoms with van der Waals surface area (Å²) in [5.41, 5.74) is 1.96. The Hall–Kier alpha value is -3.29. The third-order valence-corrected chi connectivity index (χ3v) is 5.65. The fourth-order valence-corrected chi connectivity index (χ4v) is 4.04. The number of hydrogen-bond acceptors (Lipinski definition) is 6. The Balaban J connectivity index is 1.46. The summed E-state index contributed by atoms with van der Waals surface area (Å²) in [5, 5.41) is 21.0. The Morgan fingerprint density at radius 3 is 2.17 bits per heavy atom. The molecule has 0 spiro atoms. The number of carbonyl (C=O) groups excluding carboxylic acids is 1. The molecule has 0 radical (unpaired) electrons. The summed E-state index contributed by atoms with van der Waals surface area (Å²) in [6.07, 6.45) is 2.06. The second-order valence-corrected chi connectivity index (χ2v) is 7.45. The molecule has 1 amide bonds. The molecule has 2 fully saturated rings. The lowest BCUT2D eigenvalue weighted by atomic mass is 10.1. The normalized spacial score (nSPS) is 16.9. The maximum absolute atomic E-state index is 12.9. The number of amides is 1. The molecule has 4 rings (SSSR count). The van der Waals surface area contributed by atoms with E-state index in [0.29, 0.717) is 37.4 Å². The molecule has 0 bridgehead atoms. The first-order valence-electron chi connectivity index (χ1n) is 9.89. The summed E-state index contributed by atoms with van der Waals surface area (Å²) in [6.45, 7) is 4.05. The van der Waals surface area contributed by atoms with Gasteiger partial charge in [0.2, 0.25) is 0 Å². The van der Waals surface area contributed by atoms with E-state index < -0.39 is 4.92 Å². The van der Waals surface area contributed by atoms with Crippen molar-refractivity contribution >= 4 is 23.0 Å². The van der Waals surface area contributed by atoms with E-state index >= 15 is 0 Å². The smallest absolute Gasteiger partial charge is 0.293 e. The predicted molar refractivity (Wildman–Crippen MR) is 111 cm³/mol. The van der Waals surface area contributed by atoms with Gasteiger partial charge in [0.1, 0.15) is 11.4 Å². The van der Waals surface area contributed by atoms with E-state index in [4.69, 9.17) is 0 Å². The lowest BCUT2D eigenvalue weighted by molar-refractivity contribution is -0.384. The number of aromatic hydroxyl groups is 1. The number of nitro groups is 1. The molecule has 2 aromatic rings. The van der Waals surface area contributed by atoms with Crippen LogP contribution in [0, 0.1) is 10.1 Å². The topological polar surface area (TPSA) is 90.2 Å². The first-order chi connectivity index (χ1) is 14.0. The van der Waals surface area contributed by atoms with Gasteiger partial charge < -0.3 is 19.8 Å². The van der Waals surface area contributed by atoms with E-state index in [1.165, 1.54) is 6.07 Å². The number of nitro benzene ring substituents is 1. The van der Waals surface area contributed by atoms with E-state index in [-0.39, 0.29) is 17.3 Å². The first kappa shape index (κ1) is 19.0. The van der Waals surface area contributed by atoms with E-state index in [2.05, 4.69) is 4.90 Å². The maximum Gasteiger partial charge on any atom is 0.293 e. The number of phenolic OH excluding ortho intramolecular Hbond substituents is 1. The quantitative estimate of drug-likeness (QED) is 0.631. The molecule has 0 aromatic heterocycles. The molecule has 2 aliphatic rings. The van der Waals surface area contributed by atoms with Crippen LogP contribution in [0.3, 0.4) is 0 Å². The molecular weight excluding hydrogens is 372 g/mol. The Bertz CT molecular complexity index is 901. The van der Waals surface area contributed by atoms with Crippen LogP contribution >= 0.6 is 0 Å². The van der Waals surface area contributed by atoms with Crippen molar-refractivity contribution in [2.24, 2.45) is 0 Å².